The molecule has 0 heterocycles. The molecule has 0 fully saturated rings. The molecule has 1 N–H and O–H groups in total. The highest BCUT2D eigenvalue weighted by molar-refractivity contribution is 5.94. The number of carbonyl (C=O) groups excluding carboxylic acids is 1. The van der Waals surface area contributed by atoms with Crippen molar-refractivity contribution in [1.29, 1.82) is 0 Å². The van der Waals surface area contributed by atoms with Crippen LogP contribution >= 0.6 is 0 Å². The Morgan fingerprint density at radius 1 is 1.50 bits per heavy atom. The second kappa shape index (κ2) is 5.14. The summed E-state index contributed by atoms with van der Waals surface area (Å²) < 4.78 is 0. The summed E-state index contributed by atoms with van der Waals surface area (Å²) in [6.07, 6.45) is 0. The fraction of sp³-hybridized carbons (Fsp3) is 0.417. The van der Waals surface area contributed by atoms with Crippen LogP contribution in [0.1, 0.15) is 24.2 Å². The highest BCUT2D eigenvalue weighted by Gasteiger charge is 2.21. The molecule has 0 radical (unpaired) electrons. The van der Waals surface area contributed by atoms with Gasteiger partial charge in [0.05, 0.1) is 10.5 Å². The molecule has 0 atom stereocenters. The van der Waals surface area contributed by atoms with Gasteiger partial charge in [0.25, 0.3) is 11.6 Å². The standard InChI is InChI=1S/C12H16N2O4/c1-12(2,16)8-13(3)11(15)9-5-4-6-10(7-9)14(17)18/h4-7,16H,8H2,1-3H3. The zero-order chi connectivity index (χ0) is 13.9. The number of hydrogen-bond donors (Lipinski definition) is 1. The van der Waals surface area contributed by atoms with Crippen LogP contribution in [-0.2, 0) is 0 Å². The molecule has 0 saturated heterocycles. The first-order chi connectivity index (χ1) is 8.20. The summed E-state index contributed by atoms with van der Waals surface area (Å²) in [7, 11) is 1.54. The first-order valence-corrected chi connectivity index (χ1v) is 5.43. The maximum Gasteiger partial charge on any atom is 0.270 e. The van der Waals surface area contributed by atoms with Gasteiger partial charge in [0.1, 0.15) is 0 Å². The van der Waals surface area contributed by atoms with Gasteiger partial charge in [-0.15, -0.1) is 0 Å². The first kappa shape index (κ1) is 14.1. The van der Waals surface area contributed by atoms with Crippen molar-refractivity contribution < 1.29 is 14.8 Å². The van der Waals surface area contributed by atoms with Crippen LogP contribution in [0.4, 0.5) is 5.69 Å². The Hall–Kier alpha value is -1.95. The summed E-state index contributed by atoms with van der Waals surface area (Å²) in [4.78, 5) is 23.4. The van der Waals surface area contributed by atoms with Crippen molar-refractivity contribution in [2.24, 2.45) is 0 Å². The van der Waals surface area contributed by atoms with Gasteiger partial charge in [0.2, 0.25) is 0 Å². The Morgan fingerprint density at radius 2 is 2.11 bits per heavy atom. The number of non-ortho nitro benzene ring substituents is 1. The van der Waals surface area contributed by atoms with Crippen LogP contribution in [0.25, 0.3) is 0 Å². The van der Waals surface area contributed by atoms with Gasteiger partial charge < -0.3 is 10.0 Å². The molecule has 6 nitrogen and oxygen atoms in total. The van der Waals surface area contributed by atoms with E-state index in [2.05, 4.69) is 0 Å². The molecule has 0 unspecified atom stereocenters. The van der Waals surface area contributed by atoms with Crippen molar-refractivity contribution in [3.63, 3.8) is 0 Å². The third kappa shape index (κ3) is 3.81. The Kier molecular flexibility index (Phi) is 4.03. The minimum absolute atomic E-state index is 0.127. The van der Waals surface area contributed by atoms with Gasteiger partial charge in [-0.25, -0.2) is 0 Å². The predicted molar refractivity (Wildman–Crippen MR) is 66.4 cm³/mol. The molecule has 6 heteroatoms. The molecule has 0 aliphatic carbocycles. The van der Waals surface area contributed by atoms with Crippen molar-refractivity contribution in [3.8, 4) is 0 Å². The number of carbonyl (C=O) groups is 1. The van der Waals surface area contributed by atoms with Crippen LogP contribution < -0.4 is 0 Å². The molecular weight excluding hydrogens is 236 g/mol. The van der Waals surface area contributed by atoms with Crippen molar-refractivity contribution in [1.82, 2.24) is 4.90 Å². The molecule has 0 bridgehead atoms. The second-order valence-electron chi connectivity index (χ2n) is 4.78. The molecule has 98 valence electrons. The number of rotatable bonds is 4. The van der Waals surface area contributed by atoms with Crippen LogP contribution in [0.15, 0.2) is 24.3 Å². The van der Waals surface area contributed by atoms with Gasteiger partial charge in [-0.3, -0.25) is 14.9 Å². The molecule has 0 saturated carbocycles. The minimum atomic E-state index is -1.01. The molecule has 0 aliphatic heterocycles. The van der Waals surface area contributed by atoms with Crippen LogP contribution in [-0.4, -0.2) is 40.0 Å². The quantitative estimate of drug-likeness (QED) is 0.649. The summed E-state index contributed by atoms with van der Waals surface area (Å²) in [5, 5.41) is 20.2. The van der Waals surface area contributed by atoms with E-state index in [1.807, 2.05) is 0 Å². The molecule has 0 spiro atoms. The highest BCUT2D eigenvalue weighted by atomic mass is 16.6. The van der Waals surface area contributed by atoms with Crippen molar-refractivity contribution in [2.45, 2.75) is 19.4 Å². The van der Waals surface area contributed by atoms with Gasteiger partial charge in [0, 0.05) is 31.3 Å². The molecule has 1 rings (SSSR count). The lowest BCUT2D eigenvalue weighted by Gasteiger charge is -2.25. The first-order valence-electron chi connectivity index (χ1n) is 5.43. The van der Waals surface area contributed by atoms with Crippen molar-refractivity contribution in [2.75, 3.05) is 13.6 Å². The Balaban J connectivity index is 2.90. The summed E-state index contributed by atoms with van der Waals surface area (Å²) in [6, 6.07) is 5.52. The molecular formula is C12H16N2O4. The lowest BCUT2D eigenvalue weighted by atomic mass is 10.1. The highest BCUT2D eigenvalue weighted by Crippen LogP contribution is 2.15. The maximum absolute atomic E-state index is 12.0. The number of aliphatic hydroxyl groups is 1. The number of hydrogen-bond acceptors (Lipinski definition) is 4. The van der Waals surface area contributed by atoms with E-state index in [0.29, 0.717) is 0 Å². The number of likely N-dealkylation sites (N-methyl/N-ethyl adjacent to an activating group) is 1. The zero-order valence-electron chi connectivity index (χ0n) is 10.6. The summed E-state index contributed by atoms with van der Waals surface area (Å²) >= 11 is 0. The summed E-state index contributed by atoms with van der Waals surface area (Å²) in [6.45, 7) is 3.32. The van der Waals surface area contributed by atoms with Crippen molar-refractivity contribution in [3.05, 3.63) is 39.9 Å². The summed E-state index contributed by atoms with van der Waals surface area (Å²) in [5.74, 6) is -0.360. The average Bonchev–Trinajstić information content (AvgIpc) is 2.26. The smallest absolute Gasteiger partial charge is 0.270 e. The Bertz CT molecular complexity index is 465. The maximum atomic E-state index is 12.0. The third-order valence-electron chi connectivity index (χ3n) is 2.27. The van der Waals surface area contributed by atoms with Gasteiger partial charge in [-0.2, -0.15) is 0 Å². The van der Waals surface area contributed by atoms with E-state index >= 15 is 0 Å². The zero-order valence-corrected chi connectivity index (χ0v) is 10.6. The van der Waals surface area contributed by atoms with E-state index in [-0.39, 0.29) is 23.7 Å². The number of nitro groups is 1. The van der Waals surface area contributed by atoms with E-state index in [4.69, 9.17) is 0 Å². The number of nitrogens with zero attached hydrogens (tertiary/aromatic N) is 2. The Morgan fingerprint density at radius 3 is 2.61 bits per heavy atom. The van der Waals surface area contributed by atoms with Crippen LogP contribution in [0.2, 0.25) is 0 Å². The topological polar surface area (TPSA) is 83.7 Å². The lowest BCUT2D eigenvalue weighted by molar-refractivity contribution is -0.384. The number of amides is 1. The van der Waals surface area contributed by atoms with Gasteiger partial charge in [-0.05, 0) is 19.9 Å². The van der Waals surface area contributed by atoms with E-state index in [1.165, 1.54) is 29.2 Å². The molecule has 0 aromatic heterocycles. The van der Waals surface area contributed by atoms with E-state index in [1.54, 1.807) is 20.9 Å². The predicted octanol–water partition coefficient (Wildman–Crippen LogP) is 1.44. The van der Waals surface area contributed by atoms with Crippen molar-refractivity contribution >= 4 is 11.6 Å². The summed E-state index contributed by atoms with van der Waals surface area (Å²) in [5.41, 5.74) is -0.904. The van der Waals surface area contributed by atoms with Crippen LogP contribution in [0, 0.1) is 10.1 Å². The van der Waals surface area contributed by atoms with Gasteiger partial charge >= 0.3 is 0 Å². The van der Waals surface area contributed by atoms with E-state index in [0.717, 1.165) is 0 Å². The molecule has 18 heavy (non-hydrogen) atoms. The molecule has 1 aromatic carbocycles. The molecule has 1 amide bonds. The fourth-order valence-electron chi connectivity index (χ4n) is 1.63. The minimum Gasteiger partial charge on any atom is -0.389 e. The fourth-order valence-corrected chi connectivity index (χ4v) is 1.63. The monoisotopic (exact) mass is 252 g/mol. The normalized spacial score (nSPS) is 11.1. The number of benzene rings is 1. The number of nitro benzene ring substituents is 1. The molecule has 0 aliphatic rings. The van der Waals surface area contributed by atoms with E-state index < -0.39 is 10.5 Å². The van der Waals surface area contributed by atoms with Crippen LogP contribution in [0.3, 0.4) is 0 Å². The molecule has 1 aromatic rings. The third-order valence-corrected chi connectivity index (χ3v) is 2.27. The van der Waals surface area contributed by atoms with E-state index in [9.17, 15) is 20.0 Å². The lowest BCUT2D eigenvalue weighted by Crippen LogP contribution is -2.39. The van der Waals surface area contributed by atoms with Gasteiger partial charge in [0.15, 0.2) is 0 Å². The second-order valence-corrected chi connectivity index (χ2v) is 4.78. The Labute approximate surface area is 105 Å². The SMILES string of the molecule is CN(CC(C)(C)O)C(=O)c1cccc([N+](=O)[O-])c1. The van der Waals surface area contributed by atoms with Crippen LogP contribution in [0.5, 0.6) is 0 Å². The average molecular weight is 252 g/mol. The largest absolute Gasteiger partial charge is 0.389 e. The van der Waals surface area contributed by atoms with Gasteiger partial charge in [-0.1, -0.05) is 6.07 Å².